The van der Waals surface area contributed by atoms with Gasteiger partial charge in [-0.3, -0.25) is 4.79 Å². The molecule has 25 heavy (non-hydrogen) atoms. The maximum absolute atomic E-state index is 13.1. The van der Waals surface area contributed by atoms with Crippen molar-refractivity contribution < 1.29 is 18.7 Å². The molecule has 130 valence electrons. The molecule has 1 atom stereocenters. The highest BCUT2D eigenvalue weighted by molar-refractivity contribution is 5.81. The van der Waals surface area contributed by atoms with E-state index >= 15 is 0 Å². The molecule has 0 spiro atoms. The first-order valence-electron chi connectivity index (χ1n) is 7.88. The number of H-pyrrole nitrogens is 1. The van der Waals surface area contributed by atoms with Gasteiger partial charge in [-0.25, -0.2) is 13.8 Å². The second-order valence-corrected chi connectivity index (χ2v) is 5.70. The van der Waals surface area contributed by atoms with Crippen LogP contribution in [0.15, 0.2) is 42.5 Å². The summed E-state index contributed by atoms with van der Waals surface area (Å²) in [6.45, 7) is 0.330. The molecule has 0 fully saturated rings. The number of hydrogen-bond acceptors (Lipinski definition) is 3. The van der Waals surface area contributed by atoms with Gasteiger partial charge in [0.05, 0.1) is 11.0 Å². The average molecular weight is 345 g/mol. The quantitative estimate of drug-likeness (QED) is 0.601. The van der Waals surface area contributed by atoms with Crippen molar-refractivity contribution in [2.24, 2.45) is 0 Å². The number of amides is 1. The zero-order valence-corrected chi connectivity index (χ0v) is 13.3. The van der Waals surface area contributed by atoms with Crippen molar-refractivity contribution in [1.29, 1.82) is 0 Å². The first-order valence-corrected chi connectivity index (χ1v) is 7.88. The lowest BCUT2D eigenvalue weighted by Gasteiger charge is -2.11. The molecular formula is C18H17F2N3O2. The fourth-order valence-corrected chi connectivity index (χ4v) is 2.55. The number of aliphatic hydroxyl groups is 1. The number of aromatic amines is 1. The number of aromatic nitrogens is 2. The molecule has 7 heteroatoms. The zero-order valence-electron chi connectivity index (χ0n) is 13.3. The van der Waals surface area contributed by atoms with Gasteiger partial charge in [0.25, 0.3) is 5.91 Å². The molecule has 1 amide bonds. The third-order valence-corrected chi connectivity index (χ3v) is 3.80. The van der Waals surface area contributed by atoms with Crippen LogP contribution in [0.1, 0.15) is 23.9 Å². The van der Waals surface area contributed by atoms with Gasteiger partial charge in [-0.2, -0.15) is 0 Å². The molecule has 5 nitrogen and oxygen atoms in total. The molecule has 1 aromatic heterocycles. The molecule has 3 rings (SSSR count). The number of hydrogen-bond donors (Lipinski definition) is 3. The molecule has 3 N–H and O–H groups in total. The number of carbonyl (C=O) groups excluding carboxylic acids is 1. The Morgan fingerprint density at radius 1 is 1.20 bits per heavy atom. The molecule has 0 aliphatic carbocycles. The molecular weight excluding hydrogens is 328 g/mol. The van der Waals surface area contributed by atoms with Crippen LogP contribution in [0.4, 0.5) is 8.78 Å². The van der Waals surface area contributed by atoms with Crippen LogP contribution < -0.4 is 5.32 Å². The maximum atomic E-state index is 13.1. The topological polar surface area (TPSA) is 78.0 Å². The molecule has 0 radical (unpaired) electrons. The fourth-order valence-electron chi connectivity index (χ4n) is 2.55. The van der Waals surface area contributed by atoms with Gasteiger partial charge in [-0.05, 0) is 42.3 Å². The minimum absolute atomic E-state index is 0.205. The minimum atomic E-state index is -1.41. The smallest absolute Gasteiger partial charge is 0.253 e. The van der Waals surface area contributed by atoms with Crippen LogP contribution in [0.25, 0.3) is 11.0 Å². The summed E-state index contributed by atoms with van der Waals surface area (Å²) in [5, 5.41) is 12.5. The highest BCUT2D eigenvalue weighted by atomic mass is 19.1. The predicted octanol–water partition coefficient (Wildman–Crippen LogP) is 2.62. The number of aliphatic hydroxyl groups excluding tert-OH is 1. The number of nitrogens with one attached hydrogen (secondary N) is 2. The first kappa shape index (κ1) is 17.0. The van der Waals surface area contributed by atoms with Crippen LogP contribution in [0.3, 0.4) is 0 Å². The van der Waals surface area contributed by atoms with E-state index in [0.717, 1.165) is 6.07 Å². The monoisotopic (exact) mass is 345 g/mol. The number of halogens is 2. The van der Waals surface area contributed by atoms with Crippen LogP contribution in [0.2, 0.25) is 0 Å². The summed E-state index contributed by atoms with van der Waals surface area (Å²) in [7, 11) is 0. The number of carbonyl (C=O) groups is 1. The van der Waals surface area contributed by atoms with Gasteiger partial charge in [0, 0.05) is 13.0 Å². The van der Waals surface area contributed by atoms with Gasteiger partial charge in [0.1, 0.15) is 17.5 Å². The average Bonchev–Trinajstić information content (AvgIpc) is 2.99. The lowest BCUT2D eigenvalue weighted by atomic mass is 10.1. The van der Waals surface area contributed by atoms with Gasteiger partial charge in [0.15, 0.2) is 6.10 Å². The molecule has 1 heterocycles. The van der Waals surface area contributed by atoms with Crippen molar-refractivity contribution in [3.05, 3.63) is 65.5 Å². The Balaban J connectivity index is 1.49. The lowest BCUT2D eigenvalue weighted by molar-refractivity contribution is -0.129. The Morgan fingerprint density at radius 2 is 2.00 bits per heavy atom. The van der Waals surface area contributed by atoms with Gasteiger partial charge in [-0.1, -0.05) is 12.1 Å². The largest absolute Gasteiger partial charge is 0.378 e. The normalized spacial score (nSPS) is 12.3. The Kier molecular flexibility index (Phi) is 5.04. The third-order valence-electron chi connectivity index (χ3n) is 3.80. The molecule has 3 aromatic rings. The van der Waals surface area contributed by atoms with Crippen LogP contribution in [0, 0.1) is 11.6 Å². The van der Waals surface area contributed by atoms with Crippen LogP contribution >= 0.6 is 0 Å². The van der Waals surface area contributed by atoms with E-state index in [0.29, 0.717) is 36.2 Å². The van der Waals surface area contributed by atoms with E-state index in [9.17, 15) is 18.7 Å². The summed E-state index contributed by atoms with van der Waals surface area (Å²) >= 11 is 0. The number of nitrogens with zero attached hydrogens (tertiary/aromatic N) is 1. The Bertz CT molecular complexity index is 895. The van der Waals surface area contributed by atoms with Crippen molar-refractivity contribution >= 4 is 16.9 Å². The molecule has 0 aliphatic heterocycles. The van der Waals surface area contributed by atoms with Crippen molar-refractivity contribution in [2.75, 3.05) is 6.54 Å². The minimum Gasteiger partial charge on any atom is -0.378 e. The number of rotatable bonds is 6. The van der Waals surface area contributed by atoms with E-state index in [1.807, 2.05) is 0 Å². The Labute approximate surface area is 142 Å². The van der Waals surface area contributed by atoms with Crippen LogP contribution in [-0.2, 0) is 11.2 Å². The molecule has 2 aromatic carbocycles. The van der Waals surface area contributed by atoms with Gasteiger partial charge >= 0.3 is 0 Å². The fraction of sp³-hybridized carbons (Fsp3) is 0.222. The second kappa shape index (κ2) is 7.40. The van der Waals surface area contributed by atoms with Gasteiger partial charge < -0.3 is 15.4 Å². The van der Waals surface area contributed by atoms with Gasteiger partial charge in [0.2, 0.25) is 0 Å². The summed E-state index contributed by atoms with van der Waals surface area (Å²) in [5.41, 5.74) is 1.51. The Morgan fingerprint density at radius 3 is 2.80 bits per heavy atom. The summed E-state index contributed by atoms with van der Waals surface area (Å²) in [6.07, 6.45) is -0.263. The van der Waals surface area contributed by atoms with E-state index in [2.05, 4.69) is 15.3 Å². The van der Waals surface area contributed by atoms with Gasteiger partial charge in [-0.15, -0.1) is 0 Å². The molecule has 0 saturated carbocycles. The van der Waals surface area contributed by atoms with E-state index in [1.54, 1.807) is 6.07 Å². The molecule has 0 bridgehead atoms. The van der Waals surface area contributed by atoms with Crippen molar-refractivity contribution in [1.82, 2.24) is 15.3 Å². The molecule has 0 saturated heterocycles. The summed E-state index contributed by atoms with van der Waals surface area (Å²) in [4.78, 5) is 19.3. The van der Waals surface area contributed by atoms with E-state index < -0.39 is 17.8 Å². The lowest BCUT2D eigenvalue weighted by Crippen LogP contribution is -2.30. The SMILES string of the molecule is O=C(NCCCc1nc2ccc(F)cc2[nH]1)[C@@H](O)c1cccc(F)c1. The number of benzene rings is 2. The van der Waals surface area contributed by atoms with Crippen molar-refractivity contribution in [3.63, 3.8) is 0 Å². The second-order valence-electron chi connectivity index (χ2n) is 5.70. The maximum Gasteiger partial charge on any atom is 0.253 e. The van der Waals surface area contributed by atoms with E-state index in [-0.39, 0.29) is 11.4 Å². The van der Waals surface area contributed by atoms with Crippen LogP contribution in [-0.4, -0.2) is 27.5 Å². The number of fused-ring (bicyclic) bond motifs is 1. The standard InChI is InChI=1S/C18H17F2N3O2/c19-12-4-1-3-11(9-12)17(24)18(25)21-8-2-5-16-22-14-7-6-13(20)10-15(14)23-16/h1,3-4,6-7,9-10,17,24H,2,5,8H2,(H,21,25)(H,22,23)/t17-/m0/s1. The molecule has 0 aliphatic rings. The van der Waals surface area contributed by atoms with Crippen molar-refractivity contribution in [2.45, 2.75) is 18.9 Å². The third kappa shape index (κ3) is 4.19. The summed E-state index contributed by atoms with van der Waals surface area (Å²) in [5.74, 6) is -0.732. The van der Waals surface area contributed by atoms with Crippen molar-refractivity contribution in [3.8, 4) is 0 Å². The number of aryl methyl sites for hydroxylation is 1. The van der Waals surface area contributed by atoms with Crippen LogP contribution in [0.5, 0.6) is 0 Å². The first-order chi connectivity index (χ1) is 12.0. The molecule has 0 unspecified atom stereocenters. The number of imidazole rings is 1. The summed E-state index contributed by atoms with van der Waals surface area (Å²) < 4.78 is 26.3. The zero-order chi connectivity index (χ0) is 17.8. The predicted molar refractivity (Wildman–Crippen MR) is 88.7 cm³/mol. The highest BCUT2D eigenvalue weighted by Gasteiger charge is 2.17. The Hall–Kier alpha value is -2.80. The van der Waals surface area contributed by atoms with E-state index in [1.165, 1.54) is 30.3 Å². The summed E-state index contributed by atoms with van der Waals surface area (Å²) in [6, 6.07) is 9.61. The highest BCUT2D eigenvalue weighted by Crippen LogP contribution is 2.15. The van der Waals surface area contributed by atoms with E-state index in [4.69, 9.17) is 0 Å².